The van der Waals surface area contributed by atoms with Crippen LogP contribution < -0.4 is 4.72 Å². The molecule has 7 nitrogen and oxygen atoms in total. The number of aromatic amines is 1. The Morgan fingerprint density at radius 3 is 2.38 bits per heavy atom. The molecule has 8 heteroatoms. The highest BCUT2D eigenvalue weighted by Gasteiger charge is 2.33. The molecule has 2 heterocycles. The SMILES string of the molecule is CC(C)(C)S(=O)(=O)N[C@H]1CC[C@H](c2nc3cnc(-c4ccccc4)nc3[nH]2)CC1. The second-order valence-electron chi connectivity index (χ2n) is 8.70. The summed E-state index contributed by atoms with van der Waals surface area (Å²) in [5.74, 6) is 1.87. The van der Waals surface area contributed by atoms with E-state index in [1.54, 1.807) is 27.0 Å². The van der Waals surface area contributed by atoms with E-state index in [2.05, 4.69) is 19.7 Å². The van der Waals surface area contributed by atoms with Gasteiger partial charge in [-0.1, -0.05) is 30.3 Å². The van der Waals surface area contributed by atoms with Gasteiger partial charge in [-0.05, 0) is 46.5 Å². The smallest absolute Gasteiger partial charge is 0.216 e. The van der Waals surface area contributed by atoms with Crippen molar-refractivity contribution in [2.24, 2.45) is 0 Å². The van der Waals surface area contributed by atoms with Crippen LogP contribution in [-0.4, -0.2) is 39.1 Å². The minimum atomic E-state index is -3.32. The minimum Gasteiger partial charge on any atom is -0.326 e. The highest BCUT2D eigenvalue weighted by molar-refractivity contribution is 7.90. The summed E-state index contributed by atoms with van der Waals surface area (Å²) < 4.78 is 26.9. The summed E-state index contributed by atoms with van der Waals surface area (Å²) >= 11 is 0. The van der Waals surface area contributed by atoms with Gasteiger partial charge in [0, 0.05) is 17.5 Å². The standard InChI is InChI=1S/C21H27N5O2S/c1-21(2,3)29(27,28)26-16-11-9-15(10-12-16)19-23-17-13-22-18(24-20(17)25-19)14-7-5-4-6-8-14/h4-8,13,15-16,26H,9-12H2,1-3H3,(H,22,23,24,25)/t15-,16-. The maximum absolute atomic E-state index is 12.4. The van der Waals surface area contributed by atoms with Crippen molar-refractivity contribution >= 4 is 21.2 Å². The molecule has 1 aliphatic carbocycles. The molecule has 0 aliphatic heterocycles. The number of H-pyrrole nitrogens is 1. The van der Waals surface area contributed by atoms with E-state index in [0.29, 0.717) is 5.82 Å². The molecule has 0 saturated heterocycles. The number of aromatic nitrogens is 4. The maximum atomic E-state index is 12.4. The van der Waals surface area contributed by atoms with Crippen LogP contribution in [0.25, 0.3) is 22.6 Å². The van der Waals surface area contributed by atoms with Gasteiger partial charge in [0.25, 0.3) is 0 Å². The molecule has 154 valence electrons. The third kappa shape index (κ3) is 4.18. The number of sulfonamides is 1. The number of hydrogen-bond acceptors (Lipinski definition) is 5. The second-order valence-corrected chi connectivity index (χ2v) is 11.2. The summed E-state index contributed by atoms with van der Waals surface area (Å²) in [5, 5.41) is 0. The lowest BCUT2D eigenvalue weighted by molar-refractivity contribution is 0.364. The first-order chi connectivity index (χ1) is 13.7. The lowest BCUT2D eigenvalue weighted by Crippen LogP contribution is -2.45. The lowest BCUT2D eigenvalue weighted by atomic mass is 9.86. The van der Waals surface area contributed by atoms with E-state index >= 15 is 0 Å². The summed E-state index contributed by atoms with van der Waals surface area (Å²) in [6.45, 7) is 5.17. The van der Waals surface area contributed by atoms with Gasteiger partial charge < -0.3 is 4.98 Å². The first kappa shape index (κ1) is 20.0. The number of nitrogens with zero attached hydrogens (tertiary/aromatic N) is 3. The van der Waals surface area contributed by atoms with Crippen molar-refractivity contribution in [3.8, 4) is 11.4 Å². The van der Waals surface area contributed by atoms with Crippen molar-refractivity contribution in [3.63, 3.8) is 0 Å². The molecule has 29 heavy (non-hydrogen) atoms. The number of nitrogens with one attached hydrogen (secondary N) is 2. The van der Waals surface area contributed by atoms with Crippen molar-refractivity contribution in [1.29, 1.82) is 0 Å². The van der Waals surface area contributed by atoms with Crippen LogP contribution in [0.3, 0.4) is 0 Å². The number of benzene rings is 1. The highest BCUT2D eigenvalue weighted by Crippen LogP contribution is 2.33. The van der Waals surface area contributed by atoms with E-state index in [1.807, 2.05) is 30.3 Å². The quantitative estimate of drug-likeness (QED) is 0.678. The van der Waals surface area contributed by atoms with Crippen LogP contribution in [0.15, 0.2) is 36.5 Å². The Kier molecular flexibility index (Phi) is 5.16. The van der Waals surface area contributed by atoms with Gasteiger partial charge >= 0.3 is 0 Å². The number of hydrogen-bond donors (Lipinski definition) is 2. The van der Waals surface area contributed by atoms with Gasteiger partial charge in [-0.2, -0.15) is 0 Å². The third-order valence-electron chi connectivity index (χ3n) is 5.53. The van der Waals surface area contributed by atoms with Gasteiger partial charge in [0.1, 0.15) is 11.3 Å². The van der Waals surface area contributed by atoms with Gasteiger partial charge in [-0.3, -0.25) is 0 Å². The summed E-state index contributed by atoms with van der Waals surface area (Å²) in [4.78, 5) is 17.1. The third-order valence-corrected chi connectivity index (χ3v) is 7.79. The molecule has 2 aromatic heterocycles. The summed E-state index contributed by atoms with van der Waals surface area (Å²) in [5.41, 5.74) is 2.47. The van der Waals surface area contributed by atoms with Crippen molar-refractivity contribution in [3.05, 3.63) is 42.4 Å². The zero-order chi connectivity index (χ0) is 20.6. The summed E-state index contributed by atoms with van der Waals surface area (Å²) in [6.07, 6.45) is 5.13. The molecule has 1 aliphatic rings. The van der Waals surface area contributed by atoms with Crippen LogP contribution >= 0.6 is 0 Å². The van der Waals surface area contributed by atoms with Crippen molar-refractivity contribution in [2.45, 2.75) is 63.2 Å². The maximum Gasteiger partial charge on any atom is 0.216 e. The normalized spacial score (nSPS) is 20.8. The minimum absolute atomic E-state index is 0.00988. The van der Waals surface area contributed by atoms with E-state index in [1.165, 1.54) is 0 Å². The first-order valence-corrected chi connectivity index (χ1v) is 11.5. The van der Waals surface area contributed by atoms with Gasteiger partial charge in [-0.15, -0.1) is 0 Å². The average molecular weight is 414 g/mol. The Morgan fingerprint density at radius 1 is 1.03 bits per heavy atom. The molecule has 0 atom stereocenters. The number of fused-ring (bicyclic) bond motifs is 1. The van der Waals surface area contributed by atoms with E-state index in [4.69, 9.17) is 4.98 Å². The van der Waals surface area contributed by atoms with E-state index in [0.717, 1.165) is 48.2 Å². The topological polar surface area (TPSA) is 101 Å². The Hall–Kier alpha value is -2.32. The van der Waals surface area contributed by atoms with E-state index in [9.17, 15) is 8.42 Å². The van der Waals surface area contributed by atoms with Crippen LogP contribution in [0.2, 0.25) is 0 Å². The molecule has 0 amide bonds. The van der Waals surface area contributed by atoms with Crippen molar-refractivity contribution in [2.75, 3.05) is 0 Å². The van der Waals surface area contributed by atoms with Gasteiger partial charge in [0.2, 0.25) is 10.0 Å². The fourth-order valence-corrected chi connectivity index (χ4v) is 4.66. The number of imidazole rings is 1. The Bertz CT molecular complexity index is 1100. The zero-order valence-electron chi connectivity index (χ0n) is 17.0. The first-order valence-electron chi connectivity index (χ1n) is 10.0. The van der Waals surface area contributed by atoms with Gasteiger partial charge in [-0.25, -0.2) is 28.1 Å². The van der Waals surface area contributed by atoms with Crippen molar-refractivity contribution < 1.29 is 8.42 Å². The van der Waals surface area contributed by atoms with Gasteiger partial charge in [0.05, 0.1) is 10.9 Å². The zero-order valence-corrected chi connectivity index (χ0v) is 17.8. The van der Waals surface area contributed by atoms with E-state index in [-0.39, 0.29) is 12.0 Å². The number of rotatable bonds is 4. The fourth-order valence-electron chi connectivity index (χ4n) is 3.63. The second kappa shape index (κ2) is 7.50. The highest BCUT2D eigenvalue weighted by atomic mass is 32.2. The molecule has 0 bridgehead atoms. The molecule has 1 fully saturated rings. The molecule has 0 spiro atoms. The molecule has 4 rings (SSSR count). The van der Waals surface area contributed by atoms with Gasteiger partial charge in [0.15, 0.2) is 11.5 Å². The molecule has 3 aromatic rings. The molecule has 1 aromatic carbocycles. The predicted molar refractivity (Wildman–Crippen MR) is 114 cm³/mol. The fraction of sp³-hybridized carbons (Fsp3) is 0.476. The largest absolute Gasteiger partial charge is 0.326 e. The molecular formula is C21H27N5O2S. The molecule has 2 N–H and O–H groups in total. The van der Waals surface area contributed by atoms with Crippen molar-refractivity contribution in [1.82, 2.24) is 24.7 Å². The monoisotopic (exact) mass is 413 g/mol. The molecule has 0 radical (unpaired) electrons. The van der Waals surface area contributed by atoms with Crippen LogP contribution in [0.4, 0.5) is 0 Å². The van der Waals surface area contributed by atoms with Crippen LogP contribution in [0.5, 0.6) is 0 Å². The molecule has 1 saturated carbocycles. The van der Waals surface area contributed by atoms with E-state index < -0.39 is 14.8 Å². The van der Waals surface area contributed by atoms with Crippen LogP contribution in [0.1, 0.15) is 58.2 Å². The molecule has 0 unspecified atom stereocenters. The molecular weight excluding hydrogens is 386 g/mol. The summed E-state index contributed by atoms with van der Waals surface area (Å²) in [7, 11) is -3.32. The Balaban J connectivity index is 1.46. The average Bonchev–Trinajstić information content (AvgIpc) is 3.11. The lowest BCUT2D eigenvalue weighted by Gasteiger charge is -2.30. The summed E-state index contributed by atoms with van der Waals surface area (Å²) in [6, 6.07) is 9.86. The Labute approximate surface area is 171 Å². The Morgan fingerprint density at radius 2 is 1.72 bits per heavy atom. The predicted octanol–water partition coefficient (Wildman–Crippen LogP) is 3.76. The van der Waals surface area contributed by atoms with Crippen LogP contribution in [0, 0.1) is 0 Å². The van der Waals surface area contributed by atoms with Crippen LogP contribution in [-0.2, 0) is 10.0 Å².